The largest absolute Gasteiger partial charge is 0.319 e. The van der Waals surface area contributed by atoms with Crippen LogP contribution in [0.2, 0.25) is 0 Å². The van der Waals surface area contributed by atoms with Gasteiger partial charge in [-0.3, -0.25) is 0 Å². The molecule has 0 unspecified atom stereocenters. The van der Waals surface area contributed by atoms with Crippen LogP contribution in [0.4, 0.5) is 0 Å². The Labute approximate surface area is 110 Å². The zero-order valence-corrected chi connectivity index (χ0v) is 12.0. The van der Waals surface area contributed by atoms with E-state index >= 15 is 0 Å². The minimum Gasteiger partial charge on any atom is -0.319 e. The number of benzene rings is 1. The SMILES string of the molecule is CNCC1CN(S(=O)(=O)c2cccc(Br)c2)C1. The Balaban J connectivity index is 2.11. The quantitative estimate of drug-likeness (QED) is 0.910. The van der Waals surface area contributed by atoms with Crippen molar-refractivity contribution in [2.45, 2.75) is 4.90 Å². The average molecular weight is 319 g/mol. The lowest BCUT2D eigenvalue weighted by Crippen LogP contribution is -2.52. The minimum absolute atomic E-state index is 0.356. The maximum absolute atomic E-state index is 12.2. The summed E-state index contributed by atoms with van der Waals surface area (Å²) in [4.78, 5) is 0.356. The van der Waals surface area contributed by atoms with Gasteiger partial charge in [0, 0.05) is 24.1 Å². The van der Waals surface area contributed by atoms with Crippen LogP contribution in [0.25, 0.3) is 0 Å². The fraction of sp³-hybridized carbons (Fsp3) is 0.455. The van der Waals surface area contributed by atoms with Crippen molar-refractivity contribution in [3.63, 3.8) is 0 Å². The Morgan fingerprint density at radius 1 is 1.47 bits per heavy atom. The third-order valence-corrected chi connectivity index (χ3v) is 5.17. The van der Waals surface area contributed by atoms with Gasteiger partial charge in [0.1, 0.15) is 0 Å². The first-order valence-corrected chi connectivity index (χ1v) is 7.67. The van der Waals surface area contributed by atoms with Crippen molar-refractivity contribution in [1.82, 2.24) is 9.62 Å². The molecule has 0 radical (unpaired) electrons. The topological polar surface area (TPSA) is 49.4 Å². The molecule has 1 fully saturated rings. The molecule has 1 aromatic carbocycles. The molecule has 17 heavy (non-hydrogen) atoms. The predicted molar refractivity (Wildman–Crippen MR) is 70.3 cm³/mol. The molecule has 4 nitrogen and oxygen atoms in total. The van der Waals surface area contributed by atoms with Crippen LogP contribution in [0.5, 0.6) is 0 Å². The summed E-state index contributed by atoms with van der Waals surface area (Å²) in [5.41, 5.74) is 0. The van der Waals surface area contributed by atoms with Gasteiger partial charge in [-0.2, -0.15) is 4.31 Å². The summed E-state index contributed by atoms with van der Waals surface area (Å²) in [5.74, 6) is 0.432. The second-order valence-corrected chi connectivity index (χ2v) is 7.06. The van der Waals surface area contributed by atoms with Gasteiger partial charge in [-0.1, -0.05) is 22.0 Å². The zero-order valence-electron chi connectivity index (χ0n) is 9.56. The van der Waals surface area contributed by atoms with E-state index in [0.29, 0.717) is 23.9 Å². The molecule has 1 aliphatic heterocycles. The number of rotatable bonds is 4. The van der Waals surface area contributed by atoms with Crippen LogP contribution in [0.1, 0.15) is 0 Å². The number of hydrogen-bond acceptors (Lipinski definition) is 3. The van der Waals surface area contributed by atoms with E-state index in [0.717, 1.165) is 11.0 Å². The highest BCUT2D eigenvalue weighted by atomic mass is 79.9. The summed E-state index contributed by atoms with van der Waals surface area (Å²) in [7, 11) is -1.42. The number of nitrogens with one attached hydrogen (secondary N) is 1. The van der Waals surface area contributed by atoms with Gasteiger partial charge in [0.25, 0.3) is 0 Å². The molecule has 0 bridgehead atoms. The first kappa shape index (κ1) is 13.0. The molecule has 2 rings (SSSR count). The van der Waals surface area contributed by atoms with Gasteiger partial charge in [0.15, 0.2) is 0 Å². The van der Waals surface area contributed by atoms with Crippen molar-refractivity contribution in [2.24, 2.45) is 5.92 Å². The Hall–Kier alpha value is -0.430. The highest BCUT2D eigenvalue weighted by Crippen LogP contribution is 2.26. The van der Waals surface area contributed by atoms with Gasteiger partial charge in [-0.05, 0) is 31.2 Å². The zero-order chi connectivity index (χ0) is 12.5. The summed E-state index contributed by atoms with van der Waals surface area (Å²) in [6.07, 6.45) is 0. The molecule has 1 N–H and O–H groups in total. The highest BCUT2D eigenvalue weighted by molar-refractivity contribution is 9.10. The summed E-state index contributed by atoms with van der Waals surface area (Å²) in [6, 6.07) is 6.83. The van der Waals surface area contributed by atoms with E-state index in [-0.39, 0.29) is 0 Å². The van der Waals surface area contributed by atoms with Crippen LogP contribution in [-0.4, -0.2) is 39.4 Å². The Morgan fingerprint density at radius 3 is 2.76 bits per heavy atom. The number of hydrogen-bond donors (Lipinski definition) is 1. The predicted octanol–water partition coefficient (Wildman–Crippen LogP) is 1.29. The van der Waals surface area contributed by atoms with Gasteiger partial charge in [0.2, 0.25) is 10.0 Å². The monoisotopic (exact) mass is 318 g/mol. The molecule has 1 heterocycles. The smallest absolute Gasteiger partial charge is 0.243 e. The van der Waals surface area contributed by atoms with Crippen molar-refractivity contribution in [1.29, 1.82) is 0 Å². The van der Waals surface area contributed by atoms with E-state index in [1.165, 1.54) is 4.31 Å². The summed E-state index contributed by atoms with van der Waals surface area (Å²) < 4.78 is 26.7. The van der Waals surface area contributed by atoms with Crippen molar-refractivity contribution in [3.05, 3.63) is 28.7 Å². The lowest BCUT2D eigenvalue weighted by molar-refractivity contribution is 0.199. The van der Waals surface area contributed by atoms with E-state index < -0.39 is 10.0 Å². The molecule has 0 amide bonds. The molecular formula is C11H15BrN2O2S. The van der Waals surface area contributed by atoms with Crippen LogP contribution in [0.15, 0.2) is 33.6 Å². The number of sulfonamides is 1. The molecule has 0 aromatic heterocycles. The van der Waals surface area contributed by atoms with Crippen LogP contribution >= 0.6 is 15.9 Å². The van der Waals surface area contributed by atoms with Crippen LogP contribution in [-0.2, 0) is 10.0 Å². The van der Waals surface area contributed by atoms with Gasteiger partial charge in [0.05, 0.1) is 4.90 Å². The fourth-order valence-corrected chi connectivity index (χ4v) is 4.10. The normalized spacial score (nSPS) is 18.0. The second-order valence-electron chi connectivity index (χ2n) is 4.20. The lowest BCUT2D eigenvalue weighted by Gasteiger charge is -2.38. The molecule has 1 aliphatic rings. The average Bonchev–Trinajstić information content (AvgIpc) is 2.22. The van der Waals surface area contributed by atoms with Gasteiger partial charge in [-0.15, -0.1) is 0 Å². The molecule has 0 atom stereocenters. The Morgan fingerprint density at radius 2 is 2.18 bits per heavy atom. The maximum atomic E-state index is 12.2. The summed E-state index contributed by atoms with van der Waals surface area (Å²) in [6.45, 7) is 2.08. The molecule has 1 aromatic rings. The van der Waals surface area contributed by atoms with E-state index in [1.807, 2.05) is 13.1 Å². The van der Waals surface area contributed by atoms with Crippen molar-refractivity contribution in [3.8, 4) is 0 Å². The van der Waals surface area contributed by atoms with Crippen LogP contribution < -0.4 is 5.32 Å². The van der Waals surface area contributed by atoms with E-state index in [2.05, 4.69) is 21.2 Å². The molecule has 1 saturated heterocycles. The van der Waals surface area contributed by atoms with Crippen molar-refractivity contribution in [2.75, 3.05) is 26.7 Å². The molecule has 0 spiro atoms. The second kappa shape index (κ2) is 5.06. The number of halogens is 1. The molecule has 0 aliphatic carbocycles. The van der Waals surface area contributed by atoms with Gasteiger partial charge in [-0.25, -0.2) is 8.42 Å². The maximum Gasteiger partial charge on any atom is 0.243 e. The standard InChI is InChI=1S/C11H15BrN2O2S/c1-13-6-9-7-14(8-9)17(15,16)11-4-2-3-10(12)5-11/h2-5,9,13H,6-8H2,1H3. The van der Waals surface area contributed by atoms with E-state index in [4.69, 9.17) is 0 Å². The highest BCUT2D eigenvalue weighted by Gasteiger charge is 2.36. The lowest BCUT2D eigenvalue weighted by atomic mass is 10.0. The summed E-state index contributed by atoms with van der Waals surface area (Å²) in [5, 5.41) is 3.06. The Kier molecular flexibility index (Phi) is 3.87. The first-order valence-electron chi connectivity index (χ1n) is 5.44. The van der Waals surface area contributed by atoms with E-state index in [1.54, 1.807) is 18.2 Å². The van der Waals surface area contributed by atoms with Crippen LogP contribution in [0, 0.1) is 5.92 Å². The summed E-state index contributed by atoms with van der Waals surface area (Å²) >= 11 is 3.29. The third-order valence-electron chi connectivity index (χ3n) is 2.85. The third kappa shape index (κ3) is 2.70. The fourth-order valence-electron chi connectivity index (χ4n) is 1.91. The van der Waals surface area contributed by atoms with Gasteiger partial charge < -0.3 is 5.32 Å². The molecule has 94 valence electrons. The van der Waals surface area contributed by atoms with E-state index in [9.17, 15) is 8.42 Å². The number of nitrogens with zero attached hydrogens (tertiary/aromatic N) is 1. The first-order chi connectivity index (χ1) is 8.04. The van der Waals surface area contributed by atoms with Crippen LogP contribution in [0.3, 0.4) is 0 Å². The molecule has 6 heteroatoms. The van der Waals surface area contributed by atoms with Gasteiger partial charge >= 0.3 is 0 Å². The molecule has 0 saturated carbocycles. The van der Waals surface area contributed by atoms with Crippen molar-refractivity contribution < 1.29 is 8.42 Å². The van der Waals surface area contributed by atoms with Crippen molar-refractivity contribution >= 4 is 26.0 Å². The minimum atomic E-state index is -3.30. The molecular weight excluding hydrogens is 304 g/mol. The Bertz CT molecular complexity index is 498.